The lowest BCUT2D eigenvalue weighted by Gasteiger charge is -2.18. The summed E-state index contributed by atoms with van der Waals surface area (Å²) in [6, 6.07) is 4.47. The van der Waals surface area contributed by atoms with Crippen LogP contribution in [0, 0.1) is 20.8 Å². The summed E-state index contributed by atoms with van der Waals surface area (Å²) in [7, 11) is 0. The van der Waals surface area contributed by atoms with Crippen molar-refractivity contribution in [2.24, 2.45) is 0 Å². The van der Waals surface area contributed by atoms with Gasteiger partial charge in [-0.15, -0.1) is 0 Å². The number of fused-ring (bicyclic) bond motifs is 1. The van der Waals surface area contributed by atoms with E-state index in [0.717, 1.165) is 23.1 Å². The standard InChI is InChI=1S/C19H27N5O/c1-13-7-22-24(9-13)10-16(4)20-8-17(25)11-23-12-21-18-5-14(2)15(3)6-19(18)23/h5-7,9,12,16-17,20,25H,8,10-11H2,1-4H3/t16-,17+/m0/s1. The number of imidazole rings is 1. The number of nitrogens with one attached hydrogen (secondary N) is 1. The van der Waals surface area contributed by atoms with Gasteiger partial charge in [-0.1, -0.05) is 0 Å². The third-order valence-electron chi connectivity index (χ3n) is 4.57. The van der Waals surface area contributed by atoms with E-state index in [9.17, 15) is 5.11 Å². The molecule has 134 valence electrons. The van der Waals surface area contributed by atoms with E-state index in [4.69, 9.17) is 0 Å². The number of rotatable bonds is 7. The Bertz CT molecular complexity index is 851. The Morgan fingerprint density at radius 2 is 1.92 bits per heavy atom. The van der Waals surface area contributed by atoms with Crippen LogP contribution in [0.3, 0.4) is 0 Å². The molecule has 6 nitrogen and oxygen atoms in total. The molecule has 2 aromatic heterocycles. The SMILES string of the molecule is Cc1cnn(C[C@H](C)NC[C@@H](O)Cn2cnc3cc(C)c(C)cc32)c1. The Balaban J connectivity index is 1.55. The summed E-state index contributed by atoms with van der Waals surface area (Å²) in [6.07, 6.45) is 5.22. The highest BCUT2D eigenvalue weighted by Crippen LogP contribution is 2.18. The zero-order valence-electron chi connectivity index (χ0n) is 15.4. The van der Waals surface area contributed by atoms with E-state index in [-0.39, 0.29) is 6.04 Å². The van der Waals surface area contributed by atoms with Crippen LogP contribution in [-0.4, -0.2) is 43.1 Å². The molecule has 0 fully saturated rings. The Kier molecular flexibility index (Phi) is 5.20. The molecule has 2 atom stereocenters. The summed E-state index contributed by atoms with van der Waals surface area (Å²) in [5, 5.41) is 18.1. The maximum Gasteiger partial charge on any atom is 0.0959 e. The van der Waals surface area contributed by atoms with Crippen molar-refractivity contribution in [3.05, 3.63) is 47.5 Å². The molecule has 0 bridgehead atoms. The van der Waals surface area contributed by atoms with Gasteiger partial charge in [-0.25, -0.2) is 4.98 Å². The highest BCUT2D eigenvalue weighted by atomic mass is 16.3. The second-order valence-electron chi connectivity index (χ2n) is 7.02. The number of hydrogen-bond acceptors (Lipinski definition) is 4. The molecule has 6 heteroatoms. The minimum atomic E-state index is -0.471. The molecule has 0 radical (unpaired) electrons. The summed E-state index contributed by atoms with van der Waals surface area (Å²) < 4.78 is 3.95. The lowest BCUT2D eigenvalue weighted by atomic mass is 10.1. The molecule has 2 N–H and O–H groups in total. The first kappa shape index (κ1) is 17.6. The maximum absolute atomic E-state index is 10.4. The van der Waals surface area contributed by atoms with Crippen LogP contribution in [0.25, 0.3) is 11.0 Å². The van der Waals surface area contributed by atoms with Gasteiger partial charge < -0.3 is 15.0 Å². The smallest absolute Gasteiger partial charge is 0.0959 e. The largest absolute Gasteiger partial charge is 0.390 e. The van der Waals surface area contributed by atoms with Crippen LogP contribution in [0.4, 0.5) is 0 Å². The van der Waals surface area contributed by atoms with Crippen molar-refractivity contribution in [2.75, 3.05) is 6.54 Å². The van der Waals surface area contributed by atoms with Crippen LogP contribution in [-0.2, 0) is 13.1 Å². The first-order chi connectivity index (χ1) is 11.9. The van der Waals surface area contributed by atoms with E-state index in [1.165, 1.54) is 11.1 Å². The van der Waals surface area contributed by atoms with Crippen molar-refractivity contribution < 1.29 is 5.11 Å². The van der Waals surface area contributed by atoms with Gasteiger partial charge in [-0.2, -0.15) is 5.10 Å². The third kappa shape index (κ3) is 4.27. The fourth-order valence-electron chi connectivity index (χ4n) is 3.00. The van der Waals surface area contributed by atoms with Gasteiger partial charge in [0.2, 0.25) is 0 Å². The first-order valence-corrected chi connectivity index (χ1v) is 8.75. The molecule has 1 aromatic carbocycles. The number of benzene rings is 1. The van der Waals surface area contributed by atoms with Crippen molar-refractivity contribution in [3.63, 3.8) is 0 Å². The van der Waals surface area contributed by atoms with Gasteiger partial charge in [-0.05, 0) is 56.5 Å². The monoisotopic (exact) mass is 341 g/mol. The normalized spacial score (nSPS) is 14.1. The van der Waals surface area contributed by atoms with Crippen LogP contribution in [0.2, 0.25) is 0 Å². The molecule has 0 saturated carbocycles. The lowest BCUT2D eigenvalue weighted by Crippen LogP contribution is -2.38. The van der Waals surface area contributed by atoms with Crippen molar-refractivity contribution in [3.8, 4) is 0 Å². The zero-order valence-corrected chi connectivity index (χ0v) is 15.4. The van der Waals surface area contributed by atoms with Crippen molar-refractivity contribution in [2.45, 2.75) is 52.9 Å². The van der Waals surface area contributed by atoms with Gasteiger partial charge in [0.05, 0.1) is 42.8 Å². The fraction of sp³-hybridized carbons (Fsp3) is 0.474. The van der Waals surface area contributed by atoms with E-state index >= 15 is 0 Å². The molecule has 0 spiro atoms. The Morgan fingerprint density at radius 3 is 2.64 bits per heavy atom. The van der Waals surface area contributed by atoms with Gasteiger partial charge in [0.15, 0.2) is 0 Å². The third-order valence-corrected chi connectivity index (χ3v) is 4.57. The molecule has 25 heavy (non-hydrogen) atoms. The van der Waals surface area contributed by atoms with E-state index in [2.05, 4.69) is 48.3 Å². The lowest BCUT2D eigenvalue weighted by molar-refractivity contribution is 0.148. The summed E-state index contributed by atoms with van der Waals surface area (Å²) in [5.74, 6) is 0. The highest BCUT2D eigenvalue weighted by Gasteiger charge is 2.11. The summed E-state index contributed by atoms with van der Waals surface area (Å²) in [5.41, 5.74) is 5.69. The summed E-state index contributed by atoms with van der Waals surface area (Å²) in [6.45, 7) is 10.2. The van der Waals surface area contributed by atoms with Gasteiger partial charge in [0.25, 0.3) is 0 Å². The number of aryl methyl sites for hydroxylation is 3. The zero-order chi connectivity index (χ0) is 18.0. The average Bonchev–Trinajstić information content (AvgIpc) is 3.13. The summed E-state index contributed by atoms with van der Waals surface area (Å²) >= 11 is 0. The Hall–Kier alpha value is -2.18. The molecule has 0 aliphatic heterocycles. The van der Waals surface area contributed by atoms with Crippen LogP contribution < -0.4 is 5.32 Å². The molecule has 0 unspecified atom stereocenters. The van der Waals surface area contributed by atoms with Gasteiger partial charge in [-0.3, -0.25) is 4.68 Å². The van der Waals surface area contributed by atoms with E-state index in [1.807, 2.05) is 34.9 Å². The van der Waals surface area contributed by atoms with Crippen molar-refractivity contribution in [1.82, 2.24) is 24.6 Å². The second kappa shape index (κ2) is 7.37. The predicted molar refractivity (Wildman–Crippen MR) is 99.6 cm³/mol. The molecular weight excluding hydrogens is 314 g/mol. The van der Waals surface area contributed by atoms with Gasteiger partial charge in [0, 0.05) is 18.8 Å². The number of nitrogens with zero attached hydrogens (tertiary/aromatic N) is 4. The minimum Gasteiger partial charge on any atom is -0.390 e. The topological polar surface area (TPSA) is 67.9 Å². The number of hydrogen-bond donors (Lipinski definition) is 2. The van der Waals surface area contributed by atoms with E-state index in [0.29, 0.717) is 13.1 Å². The van der Waals surface area contributed by atoms with Gasteiger partial charge >= 0.3 is 0 Å². The molecule has 0 aliphatic rings. The van der Waals surface area contributed by atoms with E-state index < -0.39 is 6.10 Å². The van der Waals surface area contributed by atoms with E-state index in [1.54, 1.807) is 0 Å². The van der Waals surface area contributed by atoms with Crippen LogP contribution in [0.5, 0.6) is 0 Å². The molecule has 0 amide bonds. The van der Waals surface area contributed by atoms with Crippen LogP contribution >= 0.6 is 0 Å². The quantitative estimate of drug-likeness (QED) is 0.691. The number of aliphatic hydroxyl groups excluding tert-OH is 1. The second-order valence-corrected chi connectivity index (χ2v) is 7.02. The van der Waals surface area contributed by atoms with Crippen molar-refractivity contribution in [1.29, 1.82) is 0 Å². The number of aromatic nitrogens is 4. The molecular formula is C19H27N5O. The average molecular weight is 341 g/mol. The maximum atomic E-state index is 10.4. The Labute approximate surface area is 148 Å². The molecule has 2 heterocycles. The van der Waals surface area contributed by atoms with Crippen LogP contribution in [0.15, 0.2) is 30.9 Å². The van der Waals surface area contributed by atoms with Crippen LogP contribution in [0.1, 0.15) is 23.6 Å². The van der Waals surface area contributed by atoms with Gasteiger partial charge in [0.1, 0.15) is 0 Å². The molecule has 3 aromatic rings. The Morgan fingerprint density at radius 1 is 1.16 bits per heavy atom. The highest BCUT2D eigenvalue weighted by molar-refractivity contribution is 5.77. The van der Waals surface area contributed by atoms with Crippen molar-refractivity contribution >= 4 is 11.0 Å². The fourth-order valence-corrected chi connectivity index (χ4v) is 3.00. The molecule has 0 aliphatic carbocycles. The first-order valence-electron chi connectivity index (χ1n) is 8.75. The minimum absolute atomic E-state index is 0.235. The molecule has 3 rings (SSSR count). The number of aliphatic hydroxyl groups is 1. The predicted octanol–water partition coefficient (Wildman–Crippen LogP) is 2.20. The summed E-state index contributed by atoms with van der Waals surface area (Å²) in [4.78, 5) is 4.45. The molecule has 0 saturated heterocycles.